The first-order chi connectivity index (χ1) is 7.25. The van der Waals surface area contributed by atoms with E-state index in [1.54, 1.807) is 18.5 Å². The average Bonchev–Trinajstić information content (AvgIpc) is 2.63. The molecule has 0 bridgehead atoms. The maximum absolute atomic E-state index is 5.95. The van der Waals surface area contributed by atoms with E-state index in [2.05, 4.69) is 26.2 Å². The molecule has 0 aliphatic carbocycles. The summed E-state index contributed by atoms with van der Waals surface area (Å²) >= 11 is 9.19. The number of pyridine rings is 1. The van der Waals surface area contributed by atoms with E-state index in [0.29, 0.717) is 11.6 Å². The molecule has 0 atom stereocenters. The van der Waals surface area contributed by atoms with Gasteiger partial charge in [0.05, 0.1) is 23.5 Å². The molecule has 2 aromatic heterocycles. The van der Waals surface area contributed by atoms with Crippen LogP contribution in [0.5, 0.6) is 0 Å². The molecule has 15 heavy (non-hydrogen) atoms. The van der Waals surface area contributed by atoms with Crippen molar-refractivity contribution in [3.05, 3.63) is 46.0 Å². The number of aromatic nitrogens is 1. The third-order valence-electron chi connectivity index (χ3n) is 1.85. The molecule has 0 aromatic carbocycles. The van der Waals surface area contributed by atoms with Gasteiger partial charge < -0.3 is 9.73 Å². The minimum absolute atomic E-state index is 0.580. The molecule has 78 valence electrons. The van der Waals surface area contributed by atoms with Crippen molar-refractivity contribution in [2.75, 3.05) is 5.32 Å². The van der Waals surface area contributed by atoms with Crippen molar-refractivity contribution >= 4 is 33.2 Å². The van der Waals surface area contributed by atoms with Crippen molar-refractivity contribution in [3.63, 3.8) is 0 Å². The molecule has 0 radical (unpaired) electrons. The quantitative estimate of drug-likeness (QED) is 0.935. The summed E-state index contributed by atoms with van der Waals surface area (Å²) in [4.78, 5) is 3.98. The molecule has 2 rings (SSSR count). The van der Waals surface area contributed by atoms with Crippen molar-refractivity contribution in [2.45, 2.75) is 6.54 Å². The van der Waals surface area contributed by atoms with Crippen LogP contribution in [0.25, 0.3) is 0 Å². The minimum Gasteiger partial charge on any atom is -0.452 e. The highest BCUT2D eigenvalue weighted by Crippen LogP contribution is 2.21. The first kappa shape index (κ1) is 10.5. The Morgan fingerprint density at radius 3 is 2.93 bits per heavy atom. The zero-order valence-electron chi connectivity index (χ0n) is 7.71. The third kappa shape index (κ3) is 2.73. The highest BCUT2D eigenvalue weighted by Gasteiger charge is 2.01. The van der Waals surface area contributed by atoms with Crippen LogP contribution < -0.4 is 5.32 Å². The zero-order valence-corrected chi connectivity index (χ0v) is 10.0. The Kier molecular flexibility index (Phi) is 3.28. The van der Waals surface area contributed by atoms with Crippen LogP contribution in [-0.4, -0.2) is 4.98 Å². The van der Waals surface area contributed by atoms with Gasteiger partial charge in [0.25, 0.3) is 0 Å². The summed E-state index contributed by atoms with van der Waals surface area (Å²) in [5.41, 5.74) is 0.798. The van der Waals surface area contributed by atoms with Gasteiger partial charge in [0.1, 0.15) is 5.76 Å². The molecule has 2 heterocycles. The van der Waals surface area contributed by atoms with Gasteiger partial charge in [-0.1, -0.05) is 11.6 Å². The van der Waals surface area contributed by atoms with Crippen LogP contribution in [-0.2, 0) is 6.54 Å². The number of halogens is 2. The molecular weight excluding hydrogens is 279 g/mol. The van der Waals surface area contributed by atoms with Gasteiger partial charge in [-0.3, -0.25) is 4.98 Å². The number of nitrogens with zero attached hydrogens (tertiary/aromatic N) is 1. The lowest BCUT2D eigenvalue weighted by molar-refractivity contribution is 0.495. The Balaban J connectivity index is 2.02. The van der Waals surface area contributed by atoms with Crippen LogP contribution in [0.1, 0.15) is 5.76 Å². The molecular formula is C10H8BrClN2O. The third-order valence-corrected chi connectivity index (χ3v) is 2.61. The summed E-state index contributed by atoms with van der Waals surface area (Å²) in [5.74, 6) is 0.835. The van der Waals surface area contributed by atoms with E-state index in [0.717, 1.165) is 16.1 Å². The molecule has 2 aromatic rings. The normalized spacial score (nSPS) is 10.3. The summed E-state index contributed by atoms with van der Waals surface area (Å²) < 4.78 is 6.05. The van der Waals surface area contributed by atoms with Crippen LogP contribution in [0.3, 0.4) is 0 Å². The topological polar surface area (TPSA) is 38.1 Å². The Labute approximate surface area is 101 Å². The van der Waals surface area contributed by atoms with Crippen molar-refractivity contribution in [3.8, 4) is 0 Å². The molecule has 0 saturated heterocycles. The highest BCUT2D eigenvalue weighted by molar-refractivity contribution is 9.10. The lowest BCUT2D eigenvalue weighted by atomic mass is 10.4. The fourth-order valence-corrected chi connectivity index (χ4v) is 1.65. The fraction of sp³-hybridized carbons (Fsp3) is 0.100. The van der Waals surface area contributed by atoms with Gasteiger partial charge in [0.15, 0.2) is 4.67 Å². The summed E-state index contributed by atoms with van der Waals surface area (Å²) in [5, 5.41) is 3.78. The van der Waals surface area contributed by atoms with Crippen molar-refractivity contribution in [1.29, 1.82) is 0 Å². The molecule has 0 spiro atoms. The van der Waals surface area contributed by atoms with Gasteiger partial charge in [-0.25, -0.2) is 0 Å². The lowest BCUT2D eigenvalue weighted by Gasteiger charge is -2.04. The first-order valence-electron chi connectivity index (χ1n) is 4.33. The van der Waals surface area contributed by atoms with Gasteiger partial charge in [0, 0.05) is 6.20 Å². The fourth-order valence-electron chi connectivity index (χ4n) is 1.14. The van der Waals surface area contributed by atoms with Crippen LogP contribution in [0.15, 0.2) is 39.7 Å². The van der Waals surface area contributed by atoms with Crippen molar-refractivity contribution < 1.29 is 4.42 Å². The molecule has 0 aliphatic rings. The average molecular weight is 288 g/mol. The number of hydrogen-bond acceptors (Lipinski definition) is 3. The first-order valence-corrected chi connectivity index (χ1v) is 5.50. The van der Waals surface area contributed by atoms with E-state index < -0.39 is 0 Å². The SMILES string of the molecule is Clc1ccncc1NCc1ccc(Br)o1. The Morgan fingerprint density at radius 2 is 2.27 bits per heavy atom. The molecule has 1 N–H and O–H groups in total. The smallest absolute Gasteiger partial charge is 0.169 e. The molecule has 0 amide bonds. The molecule has 0 unspecified atom stereocenters. The van der Waals surface area contributed by atoms with E-state index in [1.165, 1.54) is 0 Å². The second kappa shape index (κ2) is 4.68. The molecule has 0 saturated carbocycles. The predicted octanol–water partition coefficient (Wildman–Crippen LogP) is 3.70. The minimum atomic E-state index is 0.580. The Morgan fingerprint density at radius 1 is 1.40 bits per heavy atom. The van der Waals surface area contributed by atoms with E-state index in [9.17, 15) is 0 Å². The van der Waals surface area contributed by atoms with Gasteiger partial charge in [-0.05, 0) is 34.1 Å². The van der Waals surface area contributed by atoms with E-state index in [1.807, 2.05) is 12.1 Å². The maximum atomic E-state index is 5.95. The number of nitrogens with one attached hydrogen (secondary N) is 1. The summed E-state index contributed by atoms with van der Waals surface area (Å²) in [6.07, 6.45) is 3.33. The van der Waals surface area contributed by atoms with Crippen LogP contribution in [0.2, 0.25) is 5.02 Å². The van der Waals surface area contributed by atoms with E-state index >= 15 is 0 Å². The second-order valence-electron chi connectivity index (χ2n) is 2.91. The monoisotopic (exact) mass is 286 g/mol. The van der Waals surface area contributed by atoms with E-state index in [4.69, 9.17) is 16.0 Å². The molecule has 3 nitrogen and oxygen atoms in total. The predicted molar refractivity (Wildman–Crippen MR) is 63.0 cm³/mol. The molecule has 0 fully saturated rings. The van der Waals surface area contributed by atoms with Crippen molar-refractivity contribution in [1.82, 2.24) is 4.98 Å². The number of anilines is 1. The Hall–Kier alpha value is -1.000. The van der Waals surface area contributed by atoms with Crippen LogP contribution >= 0.6 is 27.5 Å². The summed E-state index contributed by atoms with van der Waals surface area (Å²) in [6.45, 7) is 0.580. The maximum Gasteiger partial charge on any atom is 0.169 e. The van der Waals surface area contributed by atoms with Crippen LogP contribution in [0.4, 0.5) is 5.69 Å². The number of furan rings is 1. The number of rotatable bonds is 3. The standard InChI is InChI=1S/C10H8BrClN2O/c11-10-2-1-7(15-10)5-14-9-6-13-4-3-8(9)12/h1-4,6,14H,5H2. The van der Waals surface area contributed by atoms with Gasteiger partial charge >= 0.3 is 0 Å². The number of hydrogen-bond donors (Lipinski definition) is 1. The van der Waals surface area contributed by atoms with Gasteiger partial charge in [0.2, 0.25) is 0 Å². The van der Waals surface area contributed by atoms with Crippen molar-refractivity contribution in [2.24, 2.45) is 0 Å². The Bertz CT molecular complexity index is 458. The summed E-state index contributed by atoms with van der Waals surface area (Å²) in [6, 6.07) is 5.48. The van der Waals surface area contributed by atoms with Gasteiger partial charge in [-0.15, -0.1) is 0 Å². The largest absolute Gasteiger partial charge is 0.452 e. The van der Waals surface area contributed by atoms with Crippen LogP contribution in [0, 0.1) is 0 Å². The molecule has 5 heteroatoms. The lowest BCUT2D eigenvalue weighted by Crippen LogP contribution is -1.98. The van der Waals surface area contributed by atoms with Gasteiger partial charge in [-0.2, -0.15) is 0 Å². The highest BCUT2D eigenvalue weighted by atomic mass is 79.9. The molecule has 0 aliphatic heterocycles. The van der Waals surface area contributed by atoms with E-state index in [-0.39, 0.29) is 0 Å². The summed E-state index contributed by atoms with van der Waals surface area (Å²) in [7, 11) is 0. The second-order valence-corrected chi connectivity index (χ2v) is 4.10. The zero-order chi connectivity index (χ0) is 10.7.